The maximum Gasteiger partial charge on any atom is 0.270 e. The smallest absolute Gasteiger partial charge is 0.270 e. The van der Waals surface area contributed by atoms with E-state index in [0.717, 1.165) is 23.5 Å². The van der Waals surface area contributed by atoms with E-state index in [9.17, 15) is 18.9 Å². The fourth-order valence-corrected chi connectivity index (χ4v) is 5.46. The molecule has 38 heavy (non-hydrogen) atoms. The van der Waals surface area contributed by atoms with Gasteiger partial charge in [0, 0.05) is 59.2 Å². The Bertz CT molecular complexity index is 1690. The van der Waals surface area contributed by atoms with Gasteiger partial charge in [-0.2, -0.15) is 5.10 Å². The van der Waals surface area contributed by atoms with Crippen molar-refractivity contribution in [1.29, 1.82) is 0 Å². The second kappa shape index (κ2) is 9.79. The topological polar surface area (TPSA) is 76.0 Å². The maximum atomic E-state index is 14.4. The Labute approximate surface area is 221 Å². The molecule has 0 atom stereocenters. The Balaban J connectivity index is 1.63. The van der Waals surface area contributed by atoms with E-state index in [1.54, 1.807) is 23.7 Å². The predicted molar refractivity (Wildman–Crippen MR) is 146 cm³/mol. The highest BCUT2D eigenvalue weighted by atomic mass is 32.1. The monoisotopic (exact) mass is 531 g/mol. The number of thiazole rings is 1. The molecule has 0 N–H and O–H groups in total. The van der Waals surface area contributed by atoms with Crippen molar-refractivity contribution in [2.24, 2.45) is 10.1 Å². The number of nitro groups is 1. The van der Waals surface area contributed by atoms with Gasteiger partial charge in [-0.05, 0) is 29.8 Å². The molecular formula is C28H23F2N5O2S. The minimum Gasteiger partial charge on any atom is -0.347 e. The fraction of sp³-hybridized carbons (Fsp3) is 0.143. The number of anilines is 1. The molecule has 1 aromatic heterocycles. The van der Waals surface area contributed by atoms with Gasteiger partial charge in [0.15, 0.2) is 5.82 Å². The highest BCUT2D eigenvalue weighted by Gasteiger charge is 2.37. The molecule has 1 aliphatic heterocycles. The number of hydrogen-bond acceptors (Lipinski definition) is 6. The summed E-state index contributed by atoms with van der Waals surface area (Å²) >= 11 is 1.19. The first-order chi connectivity index (χ1) is 18.2. The molecule has 10 heteroatoms. The van der Waals surface area contributed by atoms with Crippen molar-refractivity contribution in [2.75, 3.05) is 11.9 Å². The first-order valence-electron chi connectivity index (χ1n) is 11.7. The van der Waals surface area contributed by atoms with Gasteiger partial charge in [-0.25, -0.2) is 18.4 Å². The lowest BCUT2D eigenvalue weighted by Crippen LogP contribution is -2.23. The minimum atomic E-state index is -0.806. The molecule has 0 bridgehead atoms. The molecule has 2 heterocycles. The van der Waals surface area contributed by atoms with Crippen LogP contribution in [0.1, 0.15) is 19.4 Å². The maximum absolute atomic E-state index is 14.4. The molecule has 7 nitrogen and oxygen atoms in total. The number of non-ortho nitro benzene ring substituents is 1. The zero-order chi connectivity index (χ0) is 27.0. The van der Waals surface area contributed by atoms with Crippen LogP contribution < -0.4 is 9.70 Å². The summed E-state index contributed by atoms with van der Waals surface area (Å²) in [5.41, 5.74) is 4.05. The fourth-order valence-electron chi connectivity index (χ4n) is 4.61. The lowest BCUT2D eigenvalue weighted by atomic mass is 9.84. The third-order valence-corrected chi connectivity index (χ3v) is 7.34. The molecule has 1 aliphatic rings. The Morgan fingerprint density at radius 2 is 1.84 bits per heavy atom. The highest BCUT2D eigenvalue weighted by molar-refractivity contribution is 7.07. The van der Waals surface area contributed by atoms with Crippen molar-refractivity contribution in [3.05, 3.63) is 116 Å². The molecule has 0 radical (unpaired) electrons. The van der Waals surface area contributed by atoms with Gasteiger partial charge in [-0.15, -0.1) is 11.3 Å². The molecule has 0 spiro atoms. The predicted octanol–water partition coefficient (Wildman–Crippen LogP) is 6.78. The van der Waals surface area contributed by atoms with Crippen LogP contribution in [-0.2, 0) is 5.41 Å². The van der Waals surface area contributed by atoms with Crippen LogP contribution in [0, 0.1) is 21.7 Å². The van der Waals surface area contributed by atoms with Crippen molar-refractivity contribution in [2.45, 2.75) is 19.3 Å². The molecule has 0 aliphatic carbocycles. The van der Waals surface area contributed by atoms with Crippen LogP contribution in [0.25, 0.3) is 11.3 Å². The van der Waals surface area contributed by atoms with E-state index in [-0.39, 0.29) is 16.8 Å². The molecular weight excluding hydrogens is 508 g/mol. The van der Waals surface area contributed by atoms with E-state index in [0.29, 0.717) is 16.1 Å². The molecule has 0 unspecified atom stereocenters. The summed E-state index contributed by atoms with van der Waals surface area (Å²) in [6, 6.07) is 17.5. The highest BCUT2D eigenvalue weighted by Crippen LogP contribution is 2.46. The Hall–Kier alpha value is -4.44. The summed E-state index contributed by atoms with van der Waals surface area (Å²) in [7, 11) is 2.00. The largest absolute Gasteiger partial charge is 0.347 e. The van der Waals surface area contributed by atoms with Crippen LogP contribution in [0.3, 0.4) is 0 Å². The summed E-state index contributed by atoms with van der Waals surface area (Å²) < 4.78 is 29.3. The minimum absolute atomic E-state index is 0.0479. The SMILES string of the molecule is CN1C(=CC=Nn2c(-c3cccc([N+](=O)[O-])c3)csc2=Nc2ccc(F)cc2F)C(C)(C)c2ccccc21. The first-order valence-corrected chi connectivity index (χ1v) is 12.6. The standard InChI is InChI=1S/C28H23F2N5O2S/c1-28(2)21-9-4-5-10-24(21)33(3)26(28)13-14-31-34-25(18-7-6-8-20(15-18)35(36)37)17-38-27(34)32-23-12-11-19(29)16-22(23)30/h4-17H,1-3H3. The molecule has 4 aromatic rings. The van der Waals surface area contributed by atoms with Crippen molar-refractivity contribution in [1.82, 2.24) is 4.68 Å². The lowest BCUT2D eigenvalue weighted by Gasteiger charge is -2.23. The van der Waals surface area contributed by atoms with E-state index in [1.807, 2.05) is 25.3 Å². The van der Waals surface area contributed by atoms with Gasteiger partial charge in [0.1, 0.15) is 11.5 Å². The molecule has 0 saturated heterocycles. The third kappa shape index (κ3) is 4.54. The van der Waals surface area contributed by atoms with Gasteiger partial charge in [-0.1, -0.05) is 44.2 Å². The Kier molecular flexibility index (Phi) is 6.50. The van der Waals surface area contributed by atoms with Crippen molar-refractivity contribution >= 4 is 34.6 Å². The number of nitrogens with zero attached hydrogens (tertiary/aromatic N) is 5. The van der Waals surface area contributed by atoms with Gasteiger partial charge in [0.25, 0.3) is 5.69 Å². The first kappa shape index (κ1) is 25.2. The number of para-hydroxylation sites is 1. The van der Waals surface area contributed by atoms with E-state index in [1.165, 1.54) is 39.8 Å². The molecule has 3 aromatic carbocycles. The van der Waals surface area contributed by atoms with E-state index in [2.05, 4.69) is 41.0 Å². The van der Waals surface area contributed by atoms with Crippen LogP contribution in [0.2, 0.25) is 0 Å². The number of aromatic nitrogens is 1. The van der Waals surface area contributed by atoms with Crippen LogP contribution >= 0.6 is 11.3 Å². The molecule has 0 saturated carbocycles. The quantitative estimate of drug-likeness (QED) is 0.162. The molecule has 192 valence electrons. The average molecular weight is 532 g/mol. The second-order valence-corrected chi connectivity index (χ2v) is 10.1. The van der Waals surface area contributed by atoms with Crippen LogP contribution in [0.15, 0.2) is 94.0 Å². The third-order valence-electron chi connectivity index (χ3n) is 6.52. The Morgan fingerprint density at radius 3 is 2.58 bits per heavy atom. The van der Waals surface area contributed by atoms with Gasteiger partial charge in [-0.3, -0.25) is 10.1 Å². The van der Waals surface area contributed by atoms with Crippen LogP contribution in [-0.4, -0.2) is 22.9 Å². The summed E-state index contributed by atoms with van der Waals surface area (Å²) in [5, 5.41) is 17.7. The van der Waals surface area contributed by atoms with Crippen LogP contribution in [0.4, 0.5) is 25.8 Å². The molecule has 0 amide bonds. The van der Waals surface area contributed by atoms with Gasteiger partial charge < -0.3 is 4.90 Å². The van der Waals surface area contributed by atoms with Crippen molar-refractivity contribution in [3.63, 3.8) is 0 Å². The number of halogens is 2. The lowest BCUT2D eigenvalue weighted by molar-refractivity contribution is -0.384. The van der Waals surface area contributed by atoms with E-state index >= 15 is 0 Å². The number of fused-ring (bicyclic) bond motifs is 1. The van der Waals surface area contributed by atoms with Gasteiger partial charge in [0.05, 0.1) is 10.6 Å². The van der Waals surface area contributed by atoms with Gasteiger partial charge in [0.2, 0.25) is 4.80 Å². The second-order valence-electron chi connectivity index (χ2n) is 9.25. The van der Waals surface area contributed by atoms with Crippen LogP contribution in [0.5, 0.6) is 0 Å². The average Bonchev–Trinajstić information content (AvgIpc) is 3.37. The van der Waals surface area contributed by atoms with E-state index < -0.39 is 16.6 Å². The van der Waals surface area contributed by atoms with E-state index in [4.69, 9.17) is 0 Å². The number of nitro benzene ring substituents is 1. The summed E-state index contributed by atoms with van der Waals surface area (Å²) in [5.74, 6) is -1.51. The zero-order valence-electron chi connectivity index (χ0n) is 20.8. The number of likely N-dealkylation sites (N-methyl/N-ethyl adjacent to an activating group) is 1. The number of rotatable bonds is 5. The number of benzene rings is 3. The number of hydrogen-bond donors (Lipinski definition) is 0. The number of allylic oxidation sites excluding steroid dienone is 2. The summed E-state index contributed by atoms with van der Waals surface area (Å²) in [6.07, 6.45) is 3.54. The summed E-state index contributed by atoms with van der Waals surface area (Å²) in [6.45, 7) is 4.28. The molecule has 5 rings (SSSR count). The zero-order valence-corrected chi connectivity index (χ0v) is 21.6. The van der Waals surface area contributed by atoms with Gasteiger partial charge >= 0.3 is 0 Å². The van der Waals surface area contributed by atoms with Crippen molar-refractivity contribution < 1.29 is 13.7 Å². The summed E-state index contributed by atoms with van der Waals surface area (Å²) in [4.78, 5) is 17.7. The Morgan fingerprint density at radius 1 is 1.05 bits per heavy atom. The van der Waals surface area contributed by atoms with Crippen molar-refractivity contribution in [3.8, 4) is 11.3 Å². The molecule has 0 fully saturated rings. The normalized spacial score (nSPS) is 16.0.